The van der Waals surface area contributed by atoms with Gasteiger partial charge in [0.05, 0.1) is 0 Å². The highest BCUT2D eigenvalue weighted by atomic mass is 19.2. The van der Waals surface area contributed by atoms with Crippen molar-refractivity contribution in [2.75, 3.05) is 0 Å². The van der Waals surface area contributed by atoms with E-state index < -0.39 is 13.3 Å². The second kappa shape index (κ2) is 9.52. The van der Waals surface area contributed by atoms with Gasteiger partial charge in [0.2, 0.25) is 0 Å². The van der Waals surface area contributed by atoms with Crippen LogP contribution < -0.4 is 0 Å². The third-order valence-corrected chi connectivity index (χ3v) is 3.54. The number of carbonyl (C=O) groups is 1. The Bertz CT molecular complexity index is 820. The molecule has 5 heteroatoms. The van der Waals surface area contributed by atoms with Crippen molar-refractivity contribution in [3.05, 3.63) is 94.8 Å². The molecule has 0 spiro atoms. The molecule has 2 aromatic rings. The normalized spacial score (nSPS) is 11.9. The Morgan fingerprint density at radius 2 is 1.31 bits per heavy atom. The average molecular weight is 352 g/mol. The Morgan fingerprint density at radius 1 is 0.846 bits per heavy atom. The largest absolute Gasteiger partial charge is 0.796 e. The monoisotopic (exact) mass is 352 g/mol. The molecule has 0 bridgehead atoms. The van der Waals surface area contributed by atoms with Crippen LogP contribution in [0.15, 0.2) is 72.5 Å². The lowest BCUT2D eigenvalue weighted by molar-refractivity contribution is -0.110. The van der Waals surface area contributed by atoms with Gasteiger partial charge in [-0.3, -0.25) is 4.79 Å². The Hall–Kier alpha value is -2.95. The van der Waals surface area contributed by atoms with Gasteiger partial charge in [0.25, 0.3) is 0 Å². The first-order valence-electron chi connectivity index (χ1n) is 8.12. The van der Waals surface area contributed by atoms with Gasteiger partial charge >= 0.3 is 7.47 Å². The van der Waals surface area contributed by atoms with Crippen molar-refractivity contribution in [3.8, 4) is 0 Å². The number of benzene rings is 2. The van der Waals surface area contributed by atoms with E-state index in [2.05, 4.69) is 4.65 Å². The van der Waals surface area contributed by atoms with Crippen molar-refractivity contribution in [2.45, 2.75) is 13.8 Å². The predicted molar refractivity (Wildman–Crippen MR) is 103 cm³/mol. The van der Waals surface area contributed by atoms with Crippen molar-refractivity contribution in [3.63, 3.8) is 0 Å². The molecule has 0 fully saturated rings. The molecule has 0 amide bonds. The lowest BCUT2D eigenvalue weighted by atomic mass is 10.1. The Balaban J connectivity index is 2.12. The van der Waals surface area contributed by atoms with Crippen LogP contribution in [-0.4, -0.2) is 13.3 Å². The number of hydrogen-bond donors (Lipinski definition) is 0. The van der Waals surface area contributed by atoms with Crippen LogP contribution in [0.25, 0.3) is 12.2 Å². The summed E-state index contributed by atoms with van der Waals surface area (Å²) in [4.78, 5) is 12.0. The zero-order chi connectivity index (χ0) is 18.9. The summed E-state index contributed by atoms with van der Waals surface area (Å²) >= 11 is 0. The molecule has 2 aromatic carbocycles. The Morgan fingerprint density at radius 3 is 1.77 bits per heavy atom. The first-order valence-corrected chi connectivity index (χ1v) is 8.12. The molecule has 2 rings (SSSR count). The number of rotatable bonds is 7. The van der Waals surface area contributed by atoms with Gasteiger partial charge in [-0.2, -0.15) is 0 Å². The number of carbonyl (C=O) groups excluding carboxylic acids is 1. The molecule has 0 aliphatic heterocycles. The van der Waals surface area contributed by atoms with E-state index in [1.807, 2.05) is 62.4 Å². The molecule has 0 heterocycles. The van der Waals surface area contributed by atoms with Crippen LogP contribution in [-0.2, 0) is 9.45 Å². The van der Waals surface area contributed by atoms with Crippen LogP contribution >= 0.6 is 0 Å². The molecule has 0 aliphatic carbocycles. The maximum Gasteiger partial charge on any atom is 0.796 e. The summed E-state index contributed by atoms with van der Waals surface area (Å²) in [7, 11) is -3.00. The summed E-state index contributed by atoms with van der Waals surface area (Å²) in [6.45, 7) is 3.92. The lowest BCUT2D eigenvalue weighted by Crippen LogP contribution is -2.04. The first kappa shape index (κ1) is 19.4. The zero-order valence-corrected chi connectivity index (χ0v) is 14.7. The summed E-state index contributed by atoms with van der Waals surface area (Å²) in [5, 5.41) is 0. The standard InChI is InChI=1S/C21H19BF2O2/c1-16-3-7-18(8-4-16)11-13-20(25)15-21(26-22(23)24)14-12-19-9-5-17(2)6-10-19/h3-15H,1-2H3/b13-11+,14-12+,21-15-. The lowest BCUT2D eigenvalue weighted by Gasteiger charge is -2.03. The quantitative estimate of drug-likeness (QED) is 0.288. The molecule has 0 saturated heterocycles. The molecule has 0 radical (unpaired) electrons. The highest BCUT2D eigenvalue weighted by Crippen LogP contribution is 2.11. The average Bonchev–Trinajstić information content (AvgIpc) is 2.60. The van der Waals surface area contributed by atoms with E-state index in [1.165, 1.54) is 12.2 Å². The van der Waals surface area contributed by atoms with E-state index in [1.54, 1.807) is 12.2 Å². The molecule has 0 saturated carbocycles. The van der Waals surface area contributed by atoms with Crippen molar-refractivity contribution >= 4 is 25.4 Å². The summed E-state index contributed by atoms with van der Waals surface area (Å²) < 4.78 is 29.6. The molecule has 0 aromatic heterocycles. The minimum Gasteiger partial charge on any atom is -0.505 e. The van der Waals surface area contributed by atoms with Crippen LogP contribution in [0.2, 0.25) is 0 Å². The van der Waals surface area contributed by atoms with E-state index >= 15 is 0 Å². The topological polar surface area (TPSA) is 26.3 Å². The van der Waals surface area contributed by atoms with Crippen LogP contribution in [0.5, 0.6) is 0 Å². The number of allylic oxidation sites excluding steroid dienone is 3. The van der Waals surface area contributed by atoms with E-state index in [-0.39, 0.29) is 5.76 Å². The van der Waals surface area contributed by atoms with E-state index in [4.69, 9.17) is 0 Å². The number of hydrogen-bond acceptors (Lipinski definition) is 2. The van der Waals surface area contributed by atoms with Crippen LogP contribution in [0, 0.1) is 13.8 Å². The van der Waals surface area contributed by atoms with Gasteiger partial charge in [-0.25, -0.2) is 8.63 Å². The van der Waals surface area contributed by atoms with Crippen LogP contribution in [0.3, 0.4) is 0 Å². The zero-order valence-electron chi connectivity index (χ0n) is 14.7. The highest BCUT2D eigenvalue weighted by molar-refractivity contribution is 6.35. The fraction of sp³-hybridized carbons (Fsp3) is 0.0952. The van der Waals surface area contributed by atoms with Crippen molar-refractivity contribution in [2.24, 2.45) is 0 Å². The molecule has 26 heavy (non-hydrogen) atoms. The predicted octanol–water partition coefficient (Wildman–Crippen LogP) is 5.42. The Kier molecular flexibility index (Phi) is 7.09. The van der Waals surface area contributed by atoms with Crippen molar-refractivity contribution in [1.29, 1.82) is 0 Å². The van der Waals surface area contributed by atoms with Crippen LogP contribution in [0.4, 0.5) is 8.63 Å². The second-order valence-corrected chi connectivity index (χ2v) is 5.82. The van der Waals surface area contributed by atoms with E-state index in [0.29, 0.717) is 0 Å². The second-order valence-electron chi connectivity index (χ2n) is 5.82. The fourth-order valence-electron chi connectivity index (χ4n) is 2.12. The van der Waals surface area contributed by atoms with Crippen molar-refractivity contribution < 1.29 is 18.1 Å². The van der Waals surface area contributed by atoms with Gasteiger partial charge in [-0.1, -0.05) is 71.8 Å². The SMILES string of the molecule is Cc1ccc(/C=C/C(=O)/C=C(/C=C/c2ccc(C)cc2)OB(F)F)cc1. The molecule has 0 atom stereocenters. The van der Waals surface area contributed by atoms with Gasteiger partial charge in [0.15, 0.2) is 5.78 Å². The first-order chi connectivity index (χ1) is 12.4. The Labute approximate surface area is 152 Å². The summed E-state index contributed by atoms with van der Waals surface area (Å²) in [5.41, 5.74) is 3.88. The summed E-state index contributed by atoms with van der Waals surface area (Å²) in [5.74, 6) is -0.631. The molecule has 0 aliphatic rings. The van der Waals surface area contributed by atoms with E-state index in [9.17, 15) is 13.4 Å². The molecule has 0 N–H and O–H groups in total. The minimum atomic E-state index is -3.00. The fourth-order valence-corrected chi connectivity index (χ4v) is 2.12. The smallest absolute Gasteiger partial charge is 0.505 e. The molecular weight excluding hydrogens is 333 g/mol. The third-order valence-electron chi connectivity index (χ3n) is 3.54. The molecule has 132 valence electrons. The van der Waals surface area contributed by atoms with Gasteiger partial charge < -0.3 is 4.65 Å². The van der Waals surface area contributed by atoms with Gasteiger partial charge in [0, 0.05) is 6.08 Å². The van der Waals surface area contributed by atoms with Gasteiger partial charge in [-0.15, -0.1) is 0 Å². The van der Waals surface area contributed by atoms with Gasteiger partial charge in [0.1, 0.15) is 5.76 Å². The molecule has 2 nitrogen and oxygen atoms in total. The molecular formula is C21H19BF2O2. The number of halogens is 2. The van der Waals surface area contributed by atoms with E-state index in [0.717, 1.165) is 28.3 Å². The van der Waals surface area contributed by atoms with Gasteiger partial charge in [-0.05, 0) is 37.1 Å². The number of aryl methyl sites for hydroxylation is 2. The number of ketones is 1. The van der Waals surface area contributed by atoms with Crippen molar-refractivity contribution in [1.82, 2.24) is 0 Å². The molecule has 0 unspecified atom stereocenters. The maximum atomic E-state index is 12.6. The highest BCUT2D eigenvalue weighted by Gasteiger charge is 2.18. The summed E-state index contributed by atoms with van der Waals surface area (Å²) in [6.07, 6.45) is 6.96. The van der Waals surface area contributed by atoms with Crippen LogP contribution in [0.1, 0.15) is 22.3 Å². The minimum absolute atomic E-state index is 0.195. The maximum absolute atomic E-state index is 12.6. The summed E-state index contributed by atoms with van der Waals surface area (Å²) in [6, 6.07) is 15.1. The third kappa shape index (κ3) is 6.89.